The van der Waals surface area contributed by atoms with Gasteiger partial charge in [0, 0.05) is 18.1 Å². The third-order valence-corrected chi connectivity index (χ3v) is 4.02. The molecular weight excluding hydrogens is 318 g/mol. The molecule has 0 fully saturated rings. The van der Waals surface area contributed by atoms with Crippen molar-refractivity contribution in [1.29, 1.82) is 0 Å². The van der Waals surface area contributed by atoms with Crippen LogP contribution in [0.25, 0.3) is 0 Å². The van der Waals surface area contributed by atoms with Crippen LogP contribution >= 0.6 is 0 Å². The lowest BCUT2D eigenvalue weighted by Crippen LogP contribution is -2.21. The minimum Gasteiger partial charge on any atom is -0.492 e. The first-order chi connectivity index (χ1) is 12.1. The second-order valence-corrected chi connectivity index (χ2v) is 6.12. The largest absolute Gasteiger partial charge is 0.492 e. The van der Waals surface area contributed by atoms with Gasteiger partial charge >= 0.3 is 0 Å². The van der Waals surface area contributed by atoms with Gasteiger partial charge in [0.05, 0.1) is 12.3 Å². The fourth-order valence-electron chi connectivity index (χ4n) is 2.86. The van der Waals surface area contributed by atoms with E-state index in [-0.39, 0.29) is 18.6 Å². The molecule has 25 heavy (non-hydrogen) atoms. The van der Waals surface area contributed by atoms with E-state index in [4.69, 9.17) is 14.2 Å². The average Bonchev–Trinajstić information content (AvgIpc) is 2.93. The van der Waals surface area contributed by atoms with Crippen LogP contribution in [0.15, 0.2) is 36.4 Å². The number of carbonyl (C=O) groups is 1. The Morgan fingerprint density at radius 3 is 2.80 bits per heavy atom. The number of anilines is 1. The molecule has 1 amide bonds. The van der Waals surface area contributed by atoms with Crippen LogP contribution in [0.1, 0.15) is 25.0 Å². The molecule has 0 aliphatic carbocycles. The number of carbonyl (C=O) groups excluding carboxylic acids is 1. The topological polar surface area (TPSA) is 56.8 Å². The number of fused-ring (bicyclic) bond motifs is 1. The SMILES string of the molecule is CCOc1cc2c(cc1NC(=O)COc1ccccc1C)O[C@@H](C)C2. The summed E-state index contributed by atoms with van der Waals surface area (Å²) < 4.78 is 17.0. The molecule has 1 N–H and O–H groups in total. The number of rotatable bonds is 6. The number of nitrogens with one attached hydrogen (secondary N) is 1. The van der Waals surface area contributed by atoms with Gasteiger partial charge in [-0.2, -0.15) is 0 Å². The molecule has 1 aliphatic heterocycles. The van der Waals surface area contributed by atoms with Gasteiger partial charge in [-0.3, -0.25) is 4.79 Å². The van der Waals surface area contributed by atoms with E-state index < -0.39 is 0 Å². The molecule has 2 aromatic rings. The predicted octanol–water partition coefficient (Wildman–Crippen LogP) is 3.73. The van der Waals surface area contributed by atoms with Gasteiger partial charge in [0.25, 0.3) is 5.91 Å². The van der Waals surface area contributed by atoms with E-state index in [1.165, 1.54) is 0 Å². The molecule has 0 radical (unpaired) electrons. The van der Waals surface area contributed by atoms with Crippen LogP contribution in [-0.2, 0) is 11.2 Å². The van der Waals surface area contributed by atoms with E-state index in [0.29, 0.717) is 23.8 Å². The molecule has 1 heterocycles. The lowest BCUT2D eigenvalue weighted by atomic mass is 10.1. The van der Waals surface area contributed by atoms with E-state index in [1.54, 1.807) is 0 Å². The number of ether oxygens (including phenoxy) is 3. The number of para-hydroxylation sites is 1. The van der Waals surface area contributed by atoms with Crippen molar-refractivity contribution in [2.45, 2.75) is 33.3 Å². The minimum absolute atomic E-state index is 0.0647. The number of aryl methyl sites for hydroxylation is 1. The highest BCUT2D eigenvalue weighted by atomic mass is 16.5. The Bertz CT molecular complexity index is 772. The van der Waals surface area contributed by atoms with Gasteiger partial charge in [-0.05, 0) is 38.5 Å². The Labute approximate surface area is 147 Å². The van der Waals surface area contributed by atoms with E-state index in [1.807, 2.05) is 57.2 Å². The zero-order valence-corrected chi connectivity index (χ0v) is 14.8. The maximum atomic E-state index is 12.3. The zero-order chi connectivity index (χ0) is 17.8. The molecule has 132 valence electrons. The Morgan fingerprint density at radius 1 is 1.24 bits per heavy atom. The maximum absolute atomic E-state index is 12.3. The van der Waals surface area contributed by atoms with Crippen LogP contribution in [0, 0.1) is 6.92 Å². The number of amides is 1. The minimum atomic E-state index is -0.241. The Balaban J connectivity index is 1.70. The van der Waals surface area contributed by atoms with Crippen LogP contribution in [0.3, 0.4) is 0 Å². The van der Waals surface area contributed by atoms with Gasteiger partial charge in [-0.1, -0.05) is 18.2 Å². The first-order valence-electron chi connectivity index (χ1n) is 8.51. The smallest absolute Gasteiger partial charge is 0.262 e. The molecule has 0 saturated heterocycles. The van der Waals surface area contributed by atoms with Crippen LogP contribution in [0.5, 0.6) is 17.2 Å². The standard InChI is InChI=1S/C20H23NO4/c1-4-23-19-10-15-9-14(3)25-18(15)11-16(19)21-20(22)12-24-17-8-6-5-7-13(17)2/h5-8,10-11,14H,4,9,12H2,1-3H3,(H,21,22)/t14-/m0/s1. The van der Waals surface area contributed by atoms with Crippen molar-refractivity contribution < 1.29 is 19.0 Å². The normalized spacial score (nSPS) is 15.2. The van der Waals surface area contributed by atoms with Gasteiger partial charge in [0.2, 0.25) is 0 Å². The highest BCUT2D eigenvalue weighted by molar-refractivity contribution is 5.93. The average molecular weight is 341 g/mol. The zero-order valence-electron chi connectivity index (χ0n) is 14.8. The van der Waals surface area contributed by atoms with Crippen LogP contribution in [-0.4, -0.2) is 25.2 Å². The van der Waals surface area contributed by atoms with Crippen molar-refractivity contribution in [3.63, 3.8) is 0 Å². The first kappa shape index (κ1) is 17.1. The molecule has 3 rings (SSSR count). The number of hydrogen-bond donors (Lipinski definition) is 1. The summed E-state index contributed by atoms with van der Waals surface area (Å²) in [7, 11) is 0. The predicted molar refractivity (Wildman–Crippen MR) is 96.7 cm³/mol. The summed E-state index contributed by atoms with van der Waals surface area (Å²) in [6.07, 6.45) is 0.986. The van der Waals surface area contributed by atoms with Crippen molar-refractivity contribution in [2.75, 3.05) is 18.5 Å². The summed E-state index contributed by atoms with van der Waals surface area (Å²) in [5.41, 5.74) is 2.70. The Kier molecular flexibility index (Phi) is 5.12. The molecule has 0 spiro atoms. The molecule has 1 aliphatic rings. The van der Waals surface area contributed by atoms with Crippen molar-refractivity contribution in [1.82, 2.24) is 0 Å². The fourth-order valence-corrected chi connectivity index (χ4v) is 2.86. The highest BCUT2D eigenvalue weighted by Gasteiger charge is 2.22. The molecule has 5 nitrogen and oxygen atoms in total. The molecule has 0 unspecified atom stereocenters. The van der Waals surface area contributed by atoms with Crippen LogP contribution in [0.2, 0.25) is 0 Å². The third-order valence-electron chi connectivity index (χ3n) is 4.02. The molecule has 0 saturated carbocycles. The van der Waals surface area contributed by atoms with E-state index in [9.17, 15) is 4.79 Å². The van der Waals surface area contributed by atoms with Crippen molar-refractivity contribution in [3.8, 4) is 17.2 Å². The summed E-state index contributed by atoms with van der Waals surface area (Å²) in [5, 5.41) is 2.86. The van der Waals surface area contributed by atoms with Gasteiger partial charge < -0.3 is 19.5 Å². The lowest BCUT2D eigenvalue weighted by Gasteiger charge is -2.14. The Hall–Kier alpha value is -2.69. The molecule has 2 aromatic carbocycles. The second kappa shape index (κ2) is 7.47. The summed E-state index contributed by atoms with van der Waals surface area (Å²) in [6.45, 7) is 6.34. The van der Waals surface area contributed by atoms with Crippen molar-refractivity contribution in [2.24, 2.45) is 0 Å². The van der Waals surface area contributed by atoms with Crippen LogP contribution in [0.4, 0.5) is 5.69 Å². The van der Waals surface area contributed by atoms with E-state index >= 15 is 0 Å². The first-order valence-corrected chi connectivity index (χ1v) is 8.51. The maximum Gasteiger partial charge on any atom is 0.262 e. The number of benzene rings is 2. The lowest BCUT2D eigenvalue weighted by molar-refractivity contribution is -0.118. The molecule has 1 atom stereocenters. The Morgan fingerprint density at radius 2 is 2.04 bits per heavy atom. The van der Waals surface area contributed by atoms with Gasteiger partial charge in [-0.15, -0.1) is 0 Å². The number of hydrogen-bond acceptors (Lipinski definition) is 4. The van der Waals surface area contributed by atoms with Crippen molar-refractivity contribution in [3.05, 3.63) is 47.5 Å². The van der Waals surface area contributed by atoms with E-state index in [2.05, 4.69) is 5.32 Å². The summed E-state index contributed by atoms with van der Waals surface area (Å²) in [5.74, 6) is 1.92. The second-order valence-electron chi connectivity index (χ2n) is 6.12. The monoisotopic (exact) mass is 341 g/mol. The quantitative estimate of drug-likeness (QED) is 0.870. The highest BCUT2D eigenvalue weighted by Crippen LogP contribution is 2.38. The molecule has 0 bridgehead atoms. The van der Waals surface area contributed by atoms with Gasteiger partial charge in [0.15, 0.2) is 6.61 Å². The van der Waals surface area contributed by atoms with E-state index in [0.717, 1.165) is 23.3 Å². The molecule has 5 heteroatoms. The summed E-state index contributed by atoms with van der Waals surface area (Å²) >= 11 is 0. The summed E-state index contributed by atoms with van der Waals surface area (Å²) in [6, 6.07) is 11.4. The third kappa shape index (κ3) is 4.05. The van der Waals surface area contributed by atoms with Crippen LogP contribution < -0.4 is 19.5 Å². The molecule has 0 aromatic heterocycles. The molecular formula is C20H23NO4. The fraction of sp³-hybridized carbons (Fsp3) is 0.350. The van der Waals surface area contributed by atoms with Crippen molar-refractivity contribution >= 4 is 11.6 Å². The summed E-state index contributed by atoms with van der Waals surface area (Å²) in [4.78, 5) is 12.3. The van der Waals surface area contributed by atoms with Gasteiger partial charge in [-0.25, -0.2) is 0 Å². The van der Waals surface area contributed by atoms with Gasteiger partial charge in [0.1, 0.15) is 23.4 Å².